The third-order valence-electron chi connectivity index (χ3n) is 2.24. The fourth-order valence-electron chi connectivity index (χ4n) is 1.45. The molecule has 1 amide bonds. The molecule has 1 N–H and O–H groups in total. The van der Waals surface area contributed by atoms with Gasteiger partial charge in [-0.15, -0.1) is 0 Å². The van der Waals surface area contributed by atoms with E-state index in [1.54, 1.807) is 7.11 Å². The second-order valence-corrected chi connectivity index (χ2v) is 3.37. The van der Waals surface area contributed by atoms with Gasteiger partial charge in [0, 0.05) is 0 Å². The fourth-order valence-corrected chi connectivity index (χ4v) is 1.45. The molecule has 1 aromatic carbocycles. The summed E-state index contributed by atoms with van der Waals surface area (Å²) < 4.78 is 15.6. The van der Waals surface area contributed by atoms with Crippen LogP contribution in [-0.4, -0.2) is 56.4 Å². The standard InChI is InChI=1S/C11H13NO4.Sn.4H/c1-14-9-4-2-3-5-10(9)15-7-8-6-12-11(13)16-8;;;;;/h2-5,8H,6-7H2,1H3,(H,12,13);;;;;. The molecule has 1 aliphatic heterocycles. The van der Waals surface area contributed by atoms with Crippen molar-refractivity contribution in [1.29, 1.82) is 0 Å². The number of nitrogens with one attached hydrogen (secondary N) is 1. The van der Waals surface area contributed by atoms with Gasteiger partial charge in [-0.2, -0.15) is 0 Å². The van der Waals surface area contributed by atoms with Crippen molar-refractivity contribution in [2.75, 3.05) is 20.3 Å². The summed E-state index contributed by atoms with van der Waals surface area (Å²) in [5.41, 5.74) is 0. The number of benzene rings is 1. The van der Waals surface area contributed by atoms with E-state index in [0.717, 1.165) is 0 Å². The Labute approximate surface area is 116 Å². The summed E-state index contributed by atoms with van der Waals surface area (Å²) in [5, 5.41) is 2.56. The molecule has 1 unspecified atom stereocenters. The number of rotatable bonds is 4. The zero-order valence-electron chi connectivity index (χ0n) is 8.93. The number of hydrogen-bond donors (Lipinski definition) is 1. The zero-order chi connectivity index (χ0) is 11.4. The molecule has 0 spiro atoms. The van der Waals surface area contributed by atoms with Gasteiger partial charge in [0.2, 0.25) is 0 Å². The molecule has 1 atom stereocenters. The van der Waals surface area contributed by atoms with Crippen LogP contribution in [0.3, 0.4) is 0 Å². The van der Waals surface area contributed by atoms with Crippen LogP contribution >= 0.6 is 0 Å². The summed E-state index contributed by atoms with van der Waals surface area (Å²) in [5.74, 6) is 1.31. The van der Waals surface area contributed by atoms with E-state index < -0.39 is 6.09 Å². The van der Waals surface area contributed by atoms with Crippen molar-refractivity contribution in [3.05, 3.63) is 24.3 Å². The van der Waals surface area contributed by atoms with E-state index in [4.69, 9.17) is 14.2 Å². The fraction of sp³-hybridized carbons (Fsp3) is 0.364. The number of carbonyl (C=O) groups excluding carboxylic acids is 1. The van der Waals surface area contributed by atoms with E-state index in [-0.39, 0.29) is 30.0 Å². The van der Waals surface area contributed by atoms with E-state index in [1.165, 1.54) is 0 Å². The monoisotopic (exact) mass is 347 g/mol. The van der Waals surface area contributed by atoms with Crippen LogP contribution in [0.15, 0.2) is 24.3 Å². The molecule has 5 nitrogen and oxygen atoms in total. The van der Waals surface area contributed by atoms with Crippen molar-refractivity contribution < 1.29 is 19.0 Å². The number of amides is 1. The first-order valence-electron chi connectivity index (χ1n) is 5.00. The average molecular weight is 346 g/mol. The molecule has 6 heteroatoms. The predicted octanol–water partition coefficient (Wildman–Crippen LogP) is -0.269. The molecule has 1 fully saturated rings. The van der Waals surface area contributed by atoms with Gasteiger partial charge in [0.05, 0.1) is 13.7 Å². The third kappa shape index (κ3) is 3.69. The molecular formula is C11H17NO4Sn. The first-order chi connectivity index (χ1) is 7.79. The van der Waals surface area contributed by atoms with Crippen molar-refractivity contribution in [2.24, 2.45) is 0 Å². The first-order valence-corrected chi connectivity index (χ1v) is 5.00. The van der Waals surface area contributed by atoms with Crippen LogP contribution in [0.4, 0.5) is 4.79 Å². The predicted molar refractivity (Wildman–Crippen MR) is 68.1 cm³/mol. The van der Waals surface area contributed by atoms with Gasteiger partial charge in [0.1, 0.15) is 6.61 Å². The number of hydrogen-bond acceptors (Lipinski definition) is 4. The maximum absolute atomic E-state index is 10.8. The van der Waals surface area contributed by atoms with Crippen LogP contribution in [0.25, 0.3) is 0 Å². The summed E-state index contributed by atoms with van der Waals surface area (Å²) >= 11 is 0. The molecule has 2 rings (SSSR count). The van der Waals surface area contributed by atoms with Gasteiger partial charge < -0.3 is 19.5 Å². The molecule has 1 heterocycles. The number of ether oxygens (including phenoxy) is 3. The normalized spacial score (nSPS) is 17.7. The Balaban J connectivity index is 0.00000144. The first kappa shape index (κ1) is 14.0. The second-order valence-electron chi connectivity index (χ2n) is 3.37. The van der Waals surface area contributed by atoms with Crippen LogP contribution in [0, 0.1) is 0 Å². The molecule has 0 saturated carbocycles. The summed E-state index contributed by atoms with van der Waals surface area (Å²) in [4.78, 5) is 10.8. The number of methoxy groups -OCH3 is 1. The van der Waals surface area contributed by atoms with Gasteiger partial charge in [-0.25, -0.2) is 4.79 Å². The van der Waals surface area contributed by atoms with Gasteiger partial charge in [0.15, 0.2) is 17.6 Å². The number of para-hydroxylation sites is 2. The van der Waals surface area contributed by atoms with E-state index >= 15 is 0 Å². The maximum atomic E-state index is 10.8. The topological polar surface area (TPSA) is 56.8 Å². The van der Waals surface area contributed by atoms with Crippen molar-refractivity contribution in [3.8, 4) is 11.5 Å². The molecule has 1 saturated heterocycles. The van der Waals surface area contributed by atoms with Crippen molar-refractivity contribution in [2.45, 2.75) is 6.10 Å². The number of alkyl carbamates (subject to hydrolysis) is 1. The Morgan fingerprint density at radius 2 is 2.12 bits per heavy atom. The average Bonchev–Trinajstić information content (AvgIpc) is 2.73. The summed E-state index contributed by atoms with van der Waals surface area (Å²) in [6.07, 6.45) is -0.633. The number of cyclic esters (lactones) is 1. The second kappa shape index (κ2) is 6.58. The molecule has 1 aromatic rings. The van der Waals surface area contributed by atoms with Crippen LogP contribution < -0.4 is 14.8 Å². The summed E-state index contributed by atoms with van der Waals surface area (Å²) in [7, 11) is 1.58. The Hall–Kier alpha value is -1.11. The van der Waals surface area contributed by atoms with Gasteiger partial charge in [0.25, 0.3) is 0 Å². The van der Waals surface area contributed by atoms with E-state index in [1.807, 2.05) is 24.3 Å². The SMILES string of the molecule is COc1ccccc1OCC1CNC(=O)O1.[SnH4]. The minimum atomic E-state index is -0.395. The minimum absolute atomic E-state index is 0. The molecule has 1 aliphatic rings. The van der Waals surface area contributed by atoms with Gasteiger partial charge >= 0.3 is 30.0 Å². The van der Waals surface area contributed by atoms with Crippen molar-refractivity contribution >= 4 is 30.0 Å². The molecule has 0 aromatic heterocycles. The molecule has 0 bridgehead atoms. The Morgan fingerprint density at radius 3 is 2.71 bits per heavy atom. The van der Waals surface area contributed by atoms with Crippen LogP contribution in [0.1, 0.15) is 0 Å². The van der Waals surface area contributed by atoms with Gasteiger partial charge in [-0.3, -0.25) is 0 Å². The van der Waals surface area contributed by atoms with Gasteiger partial charge in [-0.05, 0) is 12.1 Å². The van der Waals surface area contributed by atoms with Crippen molar-refractivity contribution in [1.82, 2.24) is 5.32 Å². The van der Waals surface area contributed by atoms with Crippen LogP contribution in [-0.2, 0) is 4.74 Å². The Morgan fingerprint density at radius 1 is 1.41 bits per heavy atom. The Kier molecular flexibility index (Phi) is 5.40. The molecule has 94 valence electrons. The molecule has 0 radical (unpaired) electrons. The third-order valence-corrected chi connectivity index (χ3v) is 2.24. The quantitative estimate of drug-likeness (QED) is 0.763. The van der Waals surface area contributed by atoms with E-state index in [0.29, 0.717) is 24.7 Å². The molecule has 17 heavy (non-hydrogen) atoms. The Bertz CT molecular complexity index is 385. The van der Waals surface area contributed by atoms with Crippen molar-refractivity contribution in [3.63, 3.8) is 0 Å². The molecular weight excluding hydrogens is 329 g/mol. The number of carbonyl (C=O) groups is 1. The summed E-state index contributed by atoms with van der Waals surface area (Å²) in [6, 6.07) is 7.34. The molecule has 0 aliphatic carbocycles. The zero-order valence-corrected chi connectivity index (χ0v) is 8.93. The van der Waals surface area contributed by atoms with E-state index in [9.17, 15) is 4.79 Å². The van der Waals surface area contributed by atoms with Crippen LogP contribution in [0.2, 0.25) is 0 Å². The van der Waals surface area contributed by atoms with E-state index in [2.05, 4.69) is 5.32 Å². The van der Waals surface area contributed by atoms with Gasteiger partial charge in [-0.1, -0.05) is 12.1 Å². The summed E-state index contributed by atoms with van der Waals surface area (Å²) in [6.45, 7) is 0.799. The van der Waals surface area contributed by atoms with Crippen LogP contribution in [0.5, 0.6) is 11.5 Å².